The Morgan fingerprint density at radius 2 is 2.00 bits per heavy atom. The van der Waals surface area contributed by atoms with Gasteiger partial charge in [0.05, 0.1) is 12.5 Å². The maximum absolute atomic E-state index is 13.2. The standard InChI is InChI=1S/C22H21NO4S/c1-2-26-22(25)20-18(14-8-9-28-12-14)19-16(24)10-15(11-17(19)27-21(20)23)13-6-4-3-5-7-13/h3-9,12,15,18H,2,10-11,23H2,1H3/t15-,18+/m1/s1. The third-order valence-corrected chi connectivity index (χ3v) is 5.88. The molecule has 0 fully saturated rings. The molecular formula is C22H21NO4S. The first-order valence-electron chi connectivity index (χ1n) is 9.28. The molecule has 0 unspecified atom stereocenters. The number of ether oxygens (including phenoxy) is 2. The van der Waals surface area contributed by atoms with Crippen LogP contribution in [0.15, 0.2) is 69.9 Å². The van der Waals surface area contributed by atoms with Gasteiger partial charge < -0.3 is 15.2 Å². The van der Waals surface area contributed by atoms with Crippen LogP contribution in [0.25, 0.3) is 0 Å². The molecule has 0 radical (unpaired) electrons. The fourth-order valence-corrected chi connectivity index (χ4v) is 4.63. The molecule has 4 rings (SSSR count). The summed E-state index contributed by atoms with van der Waals surface area (Å²) in [7, 11) is 0. The van der Waals surface area contributed by atoms with E-state index in [0.29, 0.717) is 24.2 Å². The molecule has 6 heteroatoms. The van der Waals surface area contributed by atoms with Crippen LogP contribution in [0.5, 0.6) is 0 Å². The summed E-state index contributed by atoms with van der Waals surface area (Å²) < 4.78 is 11.0. The Kier molecular flexibility index (Phi) is 5.05. The van der Waals surface area contributed by atoms with Crippen LogP contribution >= 0.6 is 11.3 Å². The lowest BCUT2D eigenvalue weighted by Gasteiger charge is -2.34. The van der Waals surface area contributed by atoms with Crippen molar-refractivity contribution in [2.45, 2.75) is 31.6 Å². The van der Waals surface area contributed by atoms with Crippen LogP contribution < -0.4 is 5.73 Å². The Labute approximate surface area is 167 Å². The summed E-state index contributed by atoms with van der Waals surface area (Å²) >= 11 is 1.51. The first kappa shape index (κ1) is 18.5. The van der Waals surface area contributed by atoms with E-state index in [9.17, 15) is 9.59 Å². The normalized spacial score (nSPS) is 22.0. The number of allylic oxidation sites excluding steroid dienone is 2. The molecule has 5 nitrogen and oxygen atoms in total. The number of rotatable bonds is 4. The minimum atomic E-state index is -0.543. The van der Waals surface area contributed by atoms with Crippen molar-refractivity contribution in [3.8, 4) is 0 Å². The molecule has 2 N–H and O–H groups in total. The van der Waals surface area contributed by atoms with E-state index in [1.807, 2.05) is 47.2 Å². The number of hydrogen-bond donors (Lipinski definition) is 1. The summed E-state index contributed by atoms with van der Waals surface area (Å²) in [5, 5.41) is 3.85. The predicted octanol–water partition coefficient (Wildman–Crippen LogP) is 4.00. The average Bonchev–Trinajstić information content (AvgIpc) is 3.22. The van der Waals surface area contributed by atoms with Gasteiger partial charge in [0.2, 0.25) is 5.88 Å². The fraction of sp³-hybridized carbons (Fsp3) is 0.273. The van der Waals surface area contributed by atoms with Crippen molar-refractivity contribution in [2.24, 2.45) is 5.73 Å². The quantitative estimate of drug-likeness (QED) is 0.792. The van der Waals surface area contributed by atoms with Gasteiger partial charge in [0.15, 0.2) is 5.78 Å². The molecule has 1 aliphatic heterocycles. The number of ketones is 1. The second kappa shape index (κ2) is 7.64. The van der Waals surface area contributed by atoms with Gasteiger partial charge in [0, 0.05) is 18.4 Å². The molecule has 0 saturated heterocycles. The minimum Gasteiger partial charge on any atom is -0.462 e. The van der Waals surface area contributed by atoms with Gasteiger partial charge in [-0.15, -0.1) is 0 Å². The highest BCUT2D eigenvalue weighted by Crippen LogP contribution is 2.47. The van der Waals surface area contributed by atoms with Gasteiger partial charge in [-0.2, -0.15) is 11.3 Å². The van der Waals surface area contributed by atoms with Gasteiger partial charge in [-0.1, -0.05) is 30.3 Å². The number of carbonyl (C=O) groups excluding carboxylic acids is 2. The largest absolute Gasteiger partial charge is 0.462 e. The van der Waals surface area contributed by atoms with Gasteiger partial charge >= 0.3 is 5.97 Å². The molecule has 28 heavy (non-hydrogen) atoms. The Bertz CT molecular complexity index is 960. The lowest BCUT2D eigenvalue weighted by Crippen LogP contribution is -2.33. The van der Waals surface area contributed by atoms with E-state index in [2.05, 4.69) is 0 Å². The van der Waals surface area contributed by atoms with E-state index in [-0.39, 0.29) is 29.8 Å². The average molecular weight is 395 g/mol. The molecule has 2 heterocycles. The number of esters is 1. The topological polar surface area (TPSA) is 78.6 Å². The lowest BCUT2D eigenvalue weighted by molar-refractivity contribution is -0.139. The van der Waals surface area contributed by atoms with E-state index >= 15 is 0 Å². The number of benzene rings is 1. The monoisotopic (exact) mass is 395 g/mol. The molecule has 144 valence electrons. The van der Waals surface area contributed by atoms with Gasteiger partial charge in [-0.3, -0.25) is 4.79 Å². The van der Waals surface area contributed by atoms with Crippen molar-refractivity contribution in [3.63, 3.8) is 0 Å². The molecule has 0 amide bonds. The zero-order chi connectivity index (χ0) is 19.7. The highest BCUT2D eigenvalue weighted by Gasteiger charge is 2.43. The number of nitrogens with two attached hydrogens (primary N) is 1. The third kappa shape index (κ3) is 3.24. The molecule has 2 aromatic rings. The van der Waals surface area contributed by atoms with Gasteiger partial charge in [-0.05, 0) is 40.8 Å². The van der Waals surface area contributed by atoms with Gasteiger partial charge in [0.1, 0.15) is 11.3 Å². The van der Waals surface area contributed by atoms with Crippen molar-refractivity contribution in [2.75, 3.05) is 6.61 Å². The summed E-state index contributed by atoms with van der Waals surface area (Å²) in [6, 6.07) is 11.8. The van der Waals surface area contributed by atoms with E-state index in [0.717, 1.165) is 11.1 Å². The van der Waals surface area contributed by atoms with Crippen LogP contribution in [0.4, 0.5) is 0 Å². The second-order valence-corrected chi connectivity index (χ2v) is 7.65. The Balaban J connectivity index is 1.77. The number of thiophene rings is 1. The summed E-state index contributed by atoms with van der Waals surface area (Å²) in [5.74, 6) is -0.478. The first-order valence-corrected chi connectivity index (χ1v) is 10.2. The summed E-state index contributed by atoms with van der Waals surface area (Å²) in [6.07, 6.45) is 0.950. The minimum absolute atomic E-state index is 0.0133. The smallest absolute Gasteiger partial charge is 0.340 e. The Morgan fingerprint density at radius 1 is 1.21 bits per heavy atom. The maximum atomic E-state index is 13.2. The predicted molar refractivity (Wildman–Crippen MR) is 106 cm³/mol. The van der Waals surface area contributed by atoms with Crippen LogP contribution in [-0.2, 0) is 19.1 Å². The summed E-state index contributed by atoms with van der Waals surface area (Å²) in [5.41, 5.74) is 8.86. The summed E-state index contributed by atoms with van der Waals surface area (Å²) in [4.78, 5) is 25.8. The molecule has 2 aliphatic rings. The van der Waals surface area contributed by atoms with Crippen LogP contribution in [0.2, 0.25) is 0 Å². The lowest BCUT2D eigenvalue weighted by atomic mass is 9.74. The van der Waals surface area contributed by atoms with Crippen molar-refractivity contribution >= 4 is 23.1 Å². The molecule has 0 spiro atoms. The van der Waals surface area contributed by atoms with Crippen molar-refractivity contribution < 1.29 is 19.1 Å². The molecular weight excluding hydrogens is 374 g/mol. The highest BCUT2D eigenvalue weighted by atomic mass is 32.1. The maximum Gasteiger partial charge on any atom is 0.340 e. The van der Waals surface area contributed by atoms with Crippen molar-refractivity contribution in [1.29, 1.82) is 0 Å². The van der Waals surface area contributed by atoms with Gasteiger partial charge in [-0.25, -0.2) is 4.79 Å². The van der Waals surface area contributed by atoms with E-state index in [4.69, 9.17) is 15.2 Å². The molecule has 1 aromatic heterocycles. The number of Topliss-reactive ketones (excluding diaryl/α,β-unsaturated/α-hetero) is 1. The van der Waals surface area contributed by atoms with Crippen molar-refractivity contribution in [3.05, 3.63) is 81.1 Å². The van der Waals surface area contributed by atoms with E-state index < -0.39 is 11.9 Å². The zero-order valence-electron chi connectivity index (χ0n) is 15.5. The summed E-state index contributed by atoms with van der Waals surface area (Å²) in [6.45, 7) is 1.96. The zero-order valence-corrected chi connectivity index (χ0v) is 16.3. The molecule has 0 saturated carbocycles. The highest BCUT2D eigenvalue weighted by molar-refractivity contribution is 7.08. The van der Waals surface area contributed by atoms with Crippen LogP contribution in [-0.4, -0.2) is 18.4 Å². The van der Waals surface area contributed by atoms with Gasteiger partial charge in [0.25, 0.3) is 0 Å². The van der Waals surface area contributed by atoms with Crippen molar-refractivity contribution in [1.82, 2.24) is 0 Å². The molecule has 0 bridgehead atoms. The fourth-order valence-electron chi connectivity index (χ4n) is 3.95. The molecule has 2 atom stereocenters. The van der Waals surface area contributed by atoms with Crippen LogP contribution in [0.1, 0.15) is 42.7 Å². The Hall–Kier alpha value is -2.86. The number of hydrogen-bond acceptors (Lipinski definition) is 6. The van der Waals surface area contributed by atoms with E-state index in [1.165, 1.54) is 11.3 Å². The van der Waals surface area contributed by atoms with E-state index in [1.54, 1.807) is 6.92 Å². The number of carbonyl (C=O) groups is 2. The second-order valence-electron chi connectivity index (χ2n) is 6.87. The molecule has 1 aromatic carbocycles. The molecule has 1 aliphatic carbocycles. The Morgan fingerprint density at radius 3 is 2.68 bits per heavy atom. The van der Waals surface area contributed by atoms with Crippen LogP contribution in [0.3, 0.4) is 0 Å². The SMILES string of the molecule is CCOC(=O)C1=C(N)OC2=C(C(=O)C[C@@H](c3ccccc3)C2)[C@@H]1c1ccsc1. The first-order chi connectivity index (χ1) is 13.6. The third-order valence-electron chi connectivity index (χ3n) is 5.18. The van der Waals surface area contributed by atoms with Crippen LogP contribution in [0, 0.1) is 0 Å².